The molecule has 30 heavy (non-hydrogen) atoms. The van der Waals surface area contributed by atoms with Gasteiger partial charge in [0.15, 0.2) is 5.16 Å². The third-order valence-corrected chi connectivity index (χ3v) is 5.90. The van der Waals surface area contributed by atoms with Crippen molar-refractivity contribution in [2.75, 3.05) is 43.1 Å². The van der Waals surface area contributed by atoms with Gasteiger partial charge < -0.3 is 24.7 Å². The van der Waals surface area contributed by atoms with Crippen molar-refractivity contribution in [2.45, 2.75) is 24.3 Å². The van der Waals surface area contributed by atoms with Gasteiger partial charge in [-0.15, -0.1) is 0 Å². The highest BCUT2D eigenvalue weighted by Crippen LogP contribution is 2.27. The molecule has 8 heteroatoms. The van der Waals surface area contributed by atoms with E-state index in [2.05, 4.69) is 20.2 Å². The summed E-state index contributed by atoms with van der Waals surface area (Å²) in [6.07, 6.45) is 0. The zero-order chi connectivity index (χ0) is 20.9. The van der Waals surface area contributed by atoms with Gasteiger partial charge in [-0.25, -0.2) is 4.98 Å². The fraction of sp³-hybridized carbons (Fsp3) is 0.364. The van der Waals surface area contributed by atoms with Crippen LogP contribution in [-0.2, 0) is 9.53 Å². The average Bonchev–Trinajstić information content (AvgIpc) is 3.16. The topological polar surface area (TPSA) is 79.5 Å². The van der Waals surface area contributed by atoms with E-state index in [9.17, 15) is 4.79 Å². The first kappa shape index (κ1) is 20.6. The van der Waals surface area contributed by atoms with E-state index in [1.54, 1.807) is 0 Å². The Hall–Kier alpha value is -2.71. The number of nitrogens with zero attached hydrogens (tertiary/aromatic N) is 2. The normalized spacial score (nSPS) is 15.2. The Labute approximate surface area is 180 Å². The SMILES string of the molecule is CCOc1ccc2nc(S[C@H](C)C(=O)Nc3ccc(N4CCOCC4)cc3)[nH]c2c1. The molecule has 1 amide bonds. The number of amides is 1. The third-order valence-electron chi connectivity index (χ3n) is 4.91. The number of hydrogen-bond acceptors (Lipinski definition) is 6. The molecule has 0 bridgehead atoms. The van der Waals surface area contributed by atoms with Crippen LogP contribution < -0.4 is 15.0 Å². The molecule has 1 saturated heterocycles. The predicted molar refractivity (Wildman–Crippen MR) is 121 cm³/mol. The van der Waals surface area contributed by atoms with Gasteiger partial charge in [-0.3, -0.25) is 4.79 Å². The standard InChI is InChI=1S/C22H26N4O3S/c1-3-29-18-8-9-19-20(14-18)25-22(24-19)30-15(2)21(27)23-16-4-6-17(7-5-16)26-10-12-28-13-11-26/h4-9,14-15H,3,10-13H2,1-2H3,(H,23,27)(H,24,25)/t15-/m1/s1. The molecule has 3 aromatic rings. The summed E-state index contributed by atoms with van der Waals surface area (Å²) in [4.78, 5) is 22.7. The molecule has 7 nitrogen and oxygen atoms in total. The molecule has 0 radical (unpaired) electrons. The number of carbonyl (C=O) groups is 1. The minimum absolute atomic E-state index is 0.0606. The lowest BCUT2D eigenvalue weighted by Crippen LogP contribution is -2.36. The van der Waals surface area contributed by atoms with Crippen molar-refractivity contribution in [2.24, 2.45) is 0 Å². The van der Waals surface area contributed by atoms with Crippen molar-refractivity contribution in [3.8, 4) is 5.75 Å². The quantitative estimate of drug-likeness (QED) is 0.558. The molecular weight excluding hydrogens is 400 g/mol. The monoisotopic (exact) mass is 426 g/mol. The van der Waals surface area contributed by atoms with Crippen molar-refractivity contribution >= 4 is 40.1 Å². The van der Waals surface area contributed by atoms with E-state index in [4.69, 9.17) is 9.47 Å². The second-order valence-corrected chi connectivity index (χ2v) is 8.38. The molecule has 1 aromatic heterocycles. The van der Waals surface area contributed by atoms with E-state index in [1.807, 2.05) is 56.3 Å². The first-order chi connectivity index (χ1) is 14.6. The Kier molecular flexibility index (Phi) is 6.44. The molecule has 0 saturated carbocycles. The van der Waals surface area contributed by atoms with Gasteiger partial charge in [0.1, 0.15) is 5.75 Å². The van der Waals surface area contributed by atoms with Crippen LogP contribution in [0, 0.1) is 0 Å². The van der Waals surface area contributed by atoms with Crippen LogP contribution in [0.5, 0.6) is 5.75 Å². The van der Waals surface area contributed by atoms with Crippen LogP contribution in [0.2, 0.25) is 0 Å². The number of benzene rings is 2. The molecule has 0 aliphatic carbocycles. The number of H-pyrrole nitrogens is 1. The van der Waals surface area contributed by atoms with Gasteiger partial charge in [-0.1, -0.05) is 11.8 Å². The van der Waals surface area contributed by atoms with Gasteiger partial charge in [0.05, 0.1) is 36.1 Å². The van der Waals surface area contributed by atoms with Gasteiger partial charge in [-0.05, 0) is 50.2 Å². The maximum absolute atomic E-state index is 12.6. The molecular formula is C22H26N4O3S. The number of aromatic amines is 1. The van der Waals surface area contributed by atoms with Crippen molar-refractivity contribution in [3.05, 3.63) is 42.5 Å². The Morgan fingerprint density at radius 2 is 2.03 bits per heavy atom. The van der Waals surface area contributed by atoms with E-state index >= 15 is 0 Å². The van der Waals surface area contributed by atoms with Crippen molar-refractivity contribution in [1.29, 1.82) is 0 Å². The summed E-state index contributed by atoms with van der Waals surface area (Å²) in [6, 6.07) is 13.7. The number of ether oxygens (including phenoxy) is 2. The molecule has 0 spiro atoms. The molecule has 1 aliphatic rings. The Morgan fingerprint density at radius 3 is 2.77 bits per heavy atom. The number of hydrogen-bond donors (Lipinski definition) is 2. The van der Waals surface area contributed by atoms with Crippen molar-refractivity contribution in [1.82, 2.24) is 9.97 Å². The van der Waals surface area contributed by atoms with Gasteiger partial charge in [0, 0.05) is 30.5 Å². The highest BCUT2D eigenvalue weighted by atomic mass is 32.2. The van der Waals surface area contributed by atoms with Crippen LogP contribution in [0.4, 0.5) is 11.4 Å². The van der Waals surface area contributed by atoms with E-state index in [0.717, 1.165) is 54.5 Å². The molecule has 158 valence electrons. The fourth-order valence-corrected chi connectivity index (χ4v) is 4.14. The Balaban J connectivity index is 1.36. The van der Waals surface area contributed by atoms with Gasteiger partial charge in [0.2, 0.25) is 5.91 Å². The van der Waals surface area contributed by atoms with Crippen LogP contribution >= 0.6 is 11.8 Å². The molecule has 2 N–H and O–H groups in total. The summed E-state index contributed by atoms with van der Waals surface area (Å²) >= 11 is 1.40. The van der Waals surface area contributed by atoms with Crippen molar-refractivity contribution in [3.63, 3.8) is 0 Å². The summed E-state index contributed by atoms with van der Waals surface area (Å²) in [5.74, 6) is 0.742. The van der Waals surface area contributed by atoms with Gasteiger partial charge in [0.25, 0.3) is 0 Å². The zero-order valence-corrected chi connectivity index (χ0v) is 18.0. The predicted octanol–water partition coefficient (Wildman–Crippen LogP) is 3.92. The number of aromatic nitrogens is 2. The summed E-state index contributed by atoms with van der Waals surface area (Å²) in [5.41, 5.74) is 3.69. The smallest absolute Gasteiger partial charge is 0.237 e. The maximum atomic E-state index is 12.6. The second-order valence-electron chi connectivity index (χ2n) is 7.05. The minimum atomic E-state index is -0.296. The van der Waals surface area contributed by atoms with E-state index < -0.39 is 0 Å². The molecule has 2 heterocycles. The maximum Gasteiger partial charge on any atom is 0.237 e. The Bertz CT molecular complexity index is 999. The van der Waals surface area contributed by atoms with E-state index in [-0.39, 0.29) is 11.2 Å². The minimum Gasteiger partial charge on any atom is -0.494 e. The number of rotatable bonds is 7. The van der Waals surface area contributed by atoms with Crippen LogP contribution in [0.1, 0.15) is 13.8 Å². The van der Waals surface area contributed by atoms with Gasteiger partial charge in [-0.2, -0.15) is 0 Å². The highest BCUT2D eigenvalue weighted by molar-refractivity contribution is 8.00. The lowest BCUT2D eigenvalue weighted by atomic mass is 10.2. The molecule has 0 unspecified atom stereocenters. The second kappa shape index (κ2) is 9.40. The lowest BCUT2D eigenvalue weighted by Gasteiger charge is -2.28. The van der Waals surface area contributed by atoms with E-state index in [0.29, 0.717) is 11.8 Å². The lowest BCUT2D eigenvalue weighted by molar-refractivity contribution is -0.115. The number of nitrogens with one attached hydrogen (secondary N) is 2. The molecule has 1 aliphatic heterocycles. The van der Waals surface area contributed by atoms with Gasteiger partial charge >= 0.3 is 0 Å². The zero-order valence-electron chi connectivity index (χ0n) is 17.2. The fourth-order valence-electron chi connectivity index (χ4n) is 3.32. The van der Waals surface area contributed by atoms with Crippen LogP contribution in [0.15, 0.2) is 47.6 Å². The summed E-state index contributed by atoms with van der Waals surface area (Å²) in [5, 5.41) is 3.40. The number of imidazole rings is 1. The first-order valence-electron chi connectivity index (χ1n) is 10.1. The summed E-state index contributed by atoms with van der Waals surface area (Å²) in [6.45, 7) is 7.73. The van der Waals surface area contributed by atoms with Crippen LogP contribution in [0.3, 0.4) is 0 Å². The Morgan fingerprint density at radius 1 is 1.27 bits per heavy atom. The molecule has 2 aromatic carbocycles. The first-order valence-corrected chi connectivity index (χ1v) is 11.0. The van der Waals surface area contributed by atoms with E-state index in [1.165, 1.54) is 11.8 Å². The highest BCUT2D eigenvalue weighted by Gasteiger charge is 2.17. The molecule has 1 fully saturated rings. The number of carbonyl (C=O) groups excluding carboxylic acids is 1. The average molecular weight is 427 g/mol. The summed E-state index contributed by atoms with van der Waals surface area (Å²) < 4.78 is 10.9. The number of anilines is 2. The number of fused-ring (bicyclic) bond motifs is 1. The van der Waals surface area contributed by atoms with Crippen molar-refractivity contribution < 1.29 is 14.3 Å². The summed E-state index contributed by atoms with van der Waals surface area (Å²) in [7, 11) is 0. The molecule has 4 rings (SSSR count). The number of thioether (sulfide) groups is 1. The largest absolute Gasteiger partial charge is 0.494 e. The third kappa shape index (κ3) is 4.88. The van der Waals surface area contributed by atoms with Crippen LogP contribution in [0.25, 0.3) is 11.0 Å². The van der Waals surface area contributed by atoms with Crippen LogP contribution in [-0.4, -0.2) is 54.0 Å². The number of morpholine rings is 1. The molecule has 1 atom stereocenters.